The van der Waals surface area contributed by atoms with Gasteiger partial charge in [0.1, 0.15) is 11.2 Å². The third-order valence-corrected chi connectivity index (χ3v) is 11.2. The Labute approximate surface area is 326 Å². The van der Waals surface area contributed by atoms with Gasteiger partial charge in [0, 0.05) is 49.1 Å². The molecule has 0 aliphatic heterocycles. The van der Waals surface area contributed by atoms with Gasteiger partial charge in [-0.3, -0.25) is 4.57 Å². The van der Waals surface area contributed by atoms with Gasteiger partial charge in [0.25, 0.3) is 0 Å². The largest absolute Gasteiger partial charge is 0.456 e. The Morgan fingerprint density at radius 2 is 0.947 bits per heavy atom. The summed E-state index contributed by atoms with van der Waals surface area (Å²) < 4.78 is 11.0. The van der Waals surface area contributed by atoms with Gasteiger partial charge in [-0.05, 0) is 59.7 Å². The quantitative estimate of drug-likeness (QED) is 0.177. The lowest BCUT2D eigenvalue weighted by molar-refractivity contribution is 0.669. The first-order valence-electron chi connectivity index (χ1n) is 19.1. The molecule has 0 aliphatic carbocycles. The minimum Gasteiger partial charge on any atom is -0.456 e. The summed E-state index contributed by atoms with van der Waals surface area (Å²) in [4.78, 5) is 15.8. The number of rotatable bonds is 5. The van der Waals surface area contributed by atoms with E-state index in [-0.39, 0.29) is 0 Å². The SMILES string of the molecule is c1ccc(-c2nc(-c3ccc4c(c3)oc3ccccc34)nc(-n3c4ccccc4c4cc(-c5ccccc5)c5c6ccccc6n(-c6ccccc6)c5c43)n2)cc1. The first-order valence-corrected chi connectivity index (χ1v) is 19.1. The highest BCUT2D eigenvalue weighted by Gasteiger charge is 2.26. The molecule has 0 bridgehead atoms. The van der Waals surface area contributed by atoms with Crippen molar-refractivity contribution in [3.05, 3.63) is 188 Å². The van der Waals surface area contributed by atoms with Gasteiger partial charge in [-0.1, -0.05) is 140 Å². The van der Waals surface area contributed by atoms with Gasteiger partial charge in [-0.2, -0.15) is 9.97 Å². The lowest BCUT2D eigenvalue weighted by atomic mass is 9.96. The van der Waals surface area contributed by atoms with Crippen molar-refractivity contribution < 1.29 is 4.42 Å². The Balaban J connectivity index is 1.24. The van der Waals surface area contributed by atoms with Gasteiger partial charge >= 0.3 is 0 Å². The maximum atomic E-state index is 6.35. The zero-order chi connectivity index (χ0) is 37.5. The molecule has 6 heteroatoms. The van der Waals surface area contributed by atoms with Crippen molar-refractivity contribution in [2.75, 3.05) is 0 Å². The first-order chi connectivity index (χ1) is 28.3. The van der Waals surface area contributed by atoms with Crippen LogP contribution in [0, 0.1) is 0 Å². The van der Waals surface area contributed by atoms with E-state index in [0.717, 1.165) is 77.2 Å². The van der Waals surface area contributed by atoms with Crippen molar-refractivity contribution in [3.8, 4) is 45.5 Å². The van der Waals surface area contributed by atoms with E-state index in [2.05, 4.69) is 155 Å². The Morgan fingerprint density at radius 1 is 0.368 bits per heavy atom. The van der Waals surface area contributed by atoms with E-state index in [0.29, 0.717) is 17.6 Å². The summed E-state index contributed by atoms with van der Waals surface area (Å²) in [7, 11) is 0. The monoisotopic (exact) mass is 729 g/mol. The molecule has 4 aromatic heterocycles. The van der Waals surface area contributed by atoms with Crippen LogP contribution in [-0.4, -0.2) is 24.1 Å². The van der Waals surface area contributed by atoms with Crippen molar-refractivity contribution in [3.63, 3.8) is 0 Å². The smallest absolute Gasteiger partial charge is 0.238 e. The fourth-order valence-corrected chi connectivity index (χ4v) is 8.67. The summed E-state index contributed by atoms with van der Waals surface area (Å²) in [6.07, 6.45) is 0. The maximum Gasteiger partial charge on any atom is 0.238 e. The molecule has 0 aliphatic rings. The molecule has 0 N–H and O–H groups in total. The van der Waals surface area contributed by atoms with Gasteiger partial charge in [0.2, 0.25) is 5.95 Å². The minimum atomic E-state index is 0.536. The molecule has 0 spiro atoms. The fraction of sp³-hybridized carbons (Fsp3) is 0. The highest BCUT2D eigenvalue weighted by Crippen LogP contribution is 2.46. The third kappa shape index (κ3) is 4.81. The predicted molar refractivity (Wildman–Crippen MR) is 232 cm³/mol. The summed E-state index contributed by atoms with van der Waals surface area (Å²) in [5.74, 6) is 1.69. The number of fused-ring (bicyclic) bond motifs is 10. The minimum absolute atomic E-state index is 0.536. The van der Waals surface area contributed by atoms with Crippen LogP contribution in [0.1, 0.15) is 0 Å². The zero-order valence-corrected chi connectivity index (χ0v) is 30.5. The standard InChI is InChI=1S/C51H31N5O/c1-4-16-32(17-5-1)40-31-41-36-22-10-13-25-42(36)56(47(41)48-46(40)39-24-11-14-26-43(39)55(48)35-20-8-3-9-21-35)51-53-49(33-18-6-2-7-19-33)52-50(54-51)34-28-29-38-37-23-12-15-27-44(37)57-45(38)30-34/h1-31H. The maximum absolute atomic E-state index is 6.35. The lowest BCUT2D eigenvalue weighted by Crippen LogP contribution is -2.07. The second-order valence-electron chi connectivity index (χ2n) is 14.4. The second kappa shape index (κ2) is 12.3. The number of para-hydroxylation sites is 4. The molecule has 0 fully saturated rings. The van der Waals surface area contributed by atoms with Crippen LogP contribution in [0.15, 0.2) is 192 Å². The molecule has 0 radical (unpaired) electrons. The number of aromatic nitrogens is 5. The molecule has 0 unspecified atom stereocenters. The van der Waals surface area contributed by atoms with Gasteiger partial charge in [-0.25, -0.2) is 4.98 Å². The van der Waals surface area contributed by atoms with Crippen molar-refractivity contribution in [2.24, 2.45) is 0 Å². The van der Waals surface area contributed by atoms with E-state index >= 15 is 0 Å². The Hall–Kier alpha value is -7.83. The molecule has 12 aromatic rings. The lowest BCUT2D eigenvalue weighted by Gasteiger charge is -2.14. The van der Waals surface area contributed by atoms with Crippen molar-refractivity contribution >= 4 is 65.6 Å². The molecule has 57 heavy (non-hydrogen) atoms. The first kappa shape index (κ1) is 31.5. The molecule has 266 valence electrons. The van der Waals surface area contributed by atoms with E-state index < -0.39 is 0 Å². The highest BCUT2D eigenvalue weighted by atomic mass is 16.3. The fourth-order valence-electron chi connectivity index (χ4n) is 8.67. The van der Waals surface area contributed by atoms with Crippen LogP contribution in [-0.2, 0) is 0 Å². The van der Waals surface area contributed by atoms with Crippen LogP contribution in [0.25, 0.3) is 111 Å². The average Bonchev–Trinajstić information content (AvgIpc) is 3.94. The molecule has 8 aromatic carbocycles. The molecular formula is C51H31N5O. The van der Waals surface area contributed by atoms with E-state index in [1.54, 1.807) is 0 Å². The number of furan rings is 1. The highest BCUT2D eigenvalue weighted by molar-refractivity contribution is 6.28. The van der Waals surface area contributed by atoms with Gasteiger partial charge in [0.05, 0.1) is 22.1 Å². The zero-order valence-electron chi connectivity index (χ0n) is 30.5. The summed E-state index contributed by atoms with van der Waals surface area (Å²) in [6, 6.07) is 65.6. The molecule has 12 rings (SSSR count). The van der Waals surface area contributed by atoms with Gasteiger partial charge in [-0.15, -0.1) is 0 Å². The van der Waals surface area contributed by atoms with Gasteiger partial charge in [0.15, 0.2) is 11.6 Å². The summed E-state index contributed by atoms with van der Waals surface area (Å²) in [6.45, 7) is 0. The second-order valence-corrected chi connectivity index (χ2v) is 14.4. The predicted octanol–water partition coefficient (Wildman–Crippen LogP) is 13.0. The Bertz CT molecular complexity index is 3510. The molecule has 6 nitrogen and oxygen atoms in total. The van der Waals surface area contributed by atoms with Crippen LogP contribution in [0.2, 0.25) is 0 Å². The van der Waals surface area contributed by atoms with Crippen LogP contribution >= 0.6 is 0 Å². The van der Waals surface area contributed by atoms with Gasteiger partial charge < -0.3 is 8.98 Å². The topological polar surface area (TPSA) is 61.7 Å². The van der Waals surface area contributed by atoms with Crippen molar-refractivity contribution in [1.29, 1.82) is 0 Å². The molecule has 0 atom stereocenters. The Morgan fingerprint density at radius 3 is 1.70 bits per heavy atom. The van der Waals surface area contributed by atoms with E-state index in [9.17, 15) is 0 Å². The van der Waals surface area contributed by atoms with Crippen LogP contribution in [0.4, 0.5) is 0 Å². The molecular weight excluding hydrogens is 699 g/mol. The normalized spacial score (nSPS) is 11.9. The molecule has 0 saturated carbocycles. The number of hydrogen-bond acceptors (Lipinski definition) is 4. The average molecular weight is 730 g/mol. The number of hydrogen-bond donors (Lipinski definition) is 0. The van der Waals surface area contributed by atoms with Crippen LogP contribution in [0.5, 0.6) is 0 Å². The summed E-state index contributed by atoms with van der Waals surface area (Å²) in [5, 5.41) is 6.71. The Kier molecular flexibility index (Phi) is 6.83. The van der Waals surface area contributed by atoms with Crippen LogP contribution in [0.3, 0.4) is 0 Å². The third-order valence-electron chi connectivity index (χ3n) is 11.2. The molecule has 4 heterocycles. The van der Waals surface area contributed by atoms with E-state index in [4.69, 9.17) is 19.4 Å². The summed E-state index contributed by atoms with van der Waals surface area (Å²) >= 11 is 0. The van der Waals surface area contributed by atoms with Crippen LogP contribution < -0.4 is 0 Å². The van der Waals surface area contributed by atoms with E-state index in [1.807, 2.05) is 42.5 Å². The van der Waals surface area contributed by atoms with Crippen molar-refractivity contribution in [2.45, 2.75) is 0 Å². The number of nitrogens with zero attached hydrogens (tertiary/aromatic N) is 5. The number of benzene rings is 8. The summed E-state index contributed by atoms with van der Waals surface area (Å²) in [5.41, 5.74) is 11.0. The molecule has 0 saturated heterocycles. The molecule has 0 amide bonds. The van der Waals surface area contributed by atoms with Crippen molar-refractivity contribution in [1.82, 2.24) is 24.1 Å². The van der Waals surface area contributed by atoms with E-state index in [1.165, 1.54) is 16.3 Å².